The second-order valence-corrected chi connectivity index (χ2v) is 5.90. The zero-order valence-electron chi connectivity index (χ0n) is 14.8. The highest BCUT2D eigenvalue weighted by Crippen LogP contribution is 2.18. The Bertz CT molecular complexity index is 892. The number of aromatic nitrogens is 1. The van der Waals surface area contributed by atoms with Gasteiger partial charge in [-0.05, 0) is 42.3 Å². The number of nitrogens with one attached hydrogen (secondary N) is 2. The summed E-state index contributed by atoms with van der Waals surface area (Å²) in [5, 5.41) is 6.14. The van der Waals surface area contributed by atoms with Crippen molar-refractivity contribution in [2.45, 2.75) is 13.5 Å². The summed E-state index contributed by atoms with van der Waals surface area (Å²) in [6, 6.07) is 19.0. The second-order valence-electron chi connectivity index (χ2n) is 5.90. The SMILES string of the molecule is COc1cccc(NC(=O)c2ccc(NCc3ccccc3C)cn2)c1. The molecule has 2 aromatic carbocycles. The molecule has 26 heavy (non-hydrogen) atoms. The minimum Gasteiger partial charge on any atom is -0.497 e. The fourth-order valence-corrected chi connectivity index (χ4v) is 2.53. The van der Waals surface area contributed by atoms with Crippen LogP contribution in [0.2, 0.25) is 0 Å². The summed E-state index contributed by atoms with van der Waals surface area (Å²) in [6.07, 6.45) is 1.67. The van der Waals surface area contributed by atoms with Gasteiger partial charge in [-0.2, -0.15) is 0 Å². The molecule has 5 nitrogen and oxygen atoms in total. The topological polar surface area (TPSA) is 63.2 Å². The number of carbonyl (C=O) groups excluding carboxylic acids is 1. The lowest BCUT2D eigenvalue weighted by molar-refractivity contribution is 0.102. The van der Waals surface area contributed by atoms with Gasteiger partial charge in [0.25, 0.3) is 5.91 Å². The van der Waals surface area contributed by atoms with Crippen molar-refractivity contribution in [2.75, 3.05) is 17.7 Å². The molecule has 3 aromatic rings. The van der Waals surface area contributed by atoms with Crippen LogP contribution in [0.5, 0.6) is 5.75 Å². The van der Waals surface area contributed by atoms with E-state index in [1.165, 1.54) is 11.1 Å². The molecule has 0 atom stereocenters. The minimum atomic E-state index is -0.260. The molecule has 0 aliphatic carbocycles. The molecule has 0 radical (unpaired) electrons. The molecule has 0 bridgehead atoms. The predicted octanol–water partition coefficient (Wildman–Crippen LogP) is 4.26. The molecule has 1 aromatic heterocycles. The van der Waals surface area contributed by atoms with E-state index in [2.05, 4.69) is 34.7 Å². The number of benzene rings is 2. The average Bonchev–Trinajstić information content (AvgIpc) is 2.68. The lowest BCUT2D eigenvalue weighted by Gasteiger charge is -2.10. The van der Waals surface area contributed by atoms with E-state index in [9.17, 15) is 4.79 Å². The zero-order valence-corrected chi connectivity index (χ0v) is 14.8. The Balaban J connectivity index is 1.61. The Morgan fingerprint density at radius 2 is 1.88 bits per heavy atom. The maximum absolute atomic E-state index is 12.3. The van der Waals surface area contributed by atoms with Crippen molar-refractivity contribution >= 4 is 17.3 Å². The van der Waals surface area contributed by atoms with Crippen LogP contribution in [0, 0.1) is 6.92 Å². The van der Waals surface area contributed by atoms with Crippen LogP contribution < -0.4 is 15.4 Å². The van der Waals surface area contributed by atoms with Gasteiger partial charge in [0.15, 0.2) is 0 Å². The molecule has 0 aliphatic rings. The van der Waals surface area contributed by atoms with Crippen LogP contribution in [-0.2, 0) is 6.54 Å². The van der Waals surface area contributed by atoms with Crippen molar-refractivity contribution in [1.29, 1.82) is 0 Å². The lowest BCUT2D eigenvalue weighted by Crippen LogP contribution is -2.13. The quantitative estimate of drug-likeness (QED) is 0.699. The molecule has 132 valence electrons. The number of carbonyl (C=O) groups is 1. The van der Waals surface area contributed by atoms with Gasteiger partial charge >= 0.3 is 0 Å². The number of hydrogen-bond acceptors (Lipinski definition) is 4. The van der Waals surface area contributed by atoms with Gasteiger partial charge in [0.1, 0.15) is 11.4 Å². The number of anilines is 2. The van der Waals surface area contributed by atoms with Crippen LogP contribution in [0.15, 0.2) is 66.9 Å². The first-order valence-corrected chi connectivity index (χ1v) is 8.35. The summed E-state index contributed by atoms with van der Waals surface area (Å²) in [4.78, 5) is 16.6. The smallest absolute Gasteiger partial charge is 0.274 e. The first-order chi connectivity index (χ1) is 12.7. The summed E-state index contributed by atoms with van der Waals surface area (Å²) in [7, 11) is 1.59. The fourth-order valence-electron chi connectivity index (χ4n) is 2.53. The summed E-state index contributed by atoms with van der Waals surface area (Å²) >= 11 is 0. The van der Waals surface area contributed by atoms with Crippen LogP contribution in [0.1, 0.15) is 21.6 Å². The third-order valence-corrected chi connectivity index (χ3v) is 4.07. The number of ether oxygens (including phenoxy) is 1. The third kappa shape index (κ3) is 4.39. The van der Waals surface area contributed by atoms with Gasteiger partial charge in [0, 0.05) is 18.3 Å². The number of hydrogen-bond donors (Lipinski definition) is 2. The normalized spacial score (nSPS) is 10.2. The van der Waals surface area contributed by atoms with Gasteiger partial charge in [-0.3, -0.25) is 4.79 Å². The van der Waals surface area contributed by atoms with Crippen LogP contribution in [-0.4, -0.2) is 18.0 Å². The molecule has 0 saturated carbocycles. The molecule has 0 spiro atoms. The number of methoxy groups -OCH3 is 1. The zero-order chi connectivity index (χ0) is 18.4. The van der Waals surface area contributed by atoms with Crippen molar-refractivity contribution in [1.82, 2.24) is 4.98 Å². The van der Waals surface area contributed by atoms with Gasteiger partial charge in [-0.1, -0.05) is 30.3 Å². The molecule has 0 fully saturated rings. The molecule has 0 saturated heterocycles. The maximum Gasteiger partial charge on any atom is 0.274 e. The number of pyridine rings is 1. The van der Waals surface area contributed by atoms with Gasteiger partial charge in [-0.25, -0.2) is 4.98 Å². The van der Waals surface area contributed by atoms with E-state index < -0.39 is 0 Å². The molecule has 5 heteroatoms. The largest absolute Gasteiger partial charge is 0.497 e. The molecule has 0 aliphatic heterocycles. The van der Waals surface area contributed by atoms with Crippen molar-refractivity contribution in [3.05, 3.63) is 83.7 Å². The maximum atomic E-state index is 12.3. The van der Waals surface area contributed by atoms with Crippen LogP contribution in [0.25, 0.3) is 0 Å². The average molecular weight is 347 g/mol. The van der Waals surface area contributed by atoms with E-state index >= 15 is 0 Å². The molecular formula is C21H21N3O2. The van der Waals surface area contributed by atoms with Gasteiger partial charge in [-0.15, -0.1) is 0 Å². The summed E-state index contributed by atoms with van der Waals surface area (Å²) in [5.74, 6) is 0.426. The highest BCUT2D eigenvalue weighted by Gasteiger charge is 2.08. The lowest BCUT2D eigenvalue weighted by atomic mass is 10.1. The Kier molecular flexibility index (Phi) is 5.49. The van der Waals surface area contributed by atoms with Crippen molar-refractivity contribution < 1.29 is 9.53 Å². The number of aryl methyl sites for hydroxylation is 1. The summed E-state index contributed by atoms with van der Waals surface area (Å²) < 4.78 is 5.15. The van der Waals surface area contributed by atoms with Crippen molar-refractivity contribution in [3.8, 4) is 5.75 Å². The summed E-state index contributed by atoms with van der Waals surface area (Å²) in [5.41, 5.74) is 4.35. The van der Waals surface area contributed by atoms with E-state index in [1.807, 2.05) is 30.3 Å². The molecule has 1 amide bonds. The van der Waals surface area contributed by atoms with E-state index in [1.54, 1.807) is 31.5 Å². The van der Waals surface area contributed by atoms with Crippen molar-refractivity contribution in [3.63, 3.8) is 0 Å². The molecule has 2 N–H and O–H groups in total. The van der Waals surface area contributed by atoms with E-state index in [-0.39, 0.29) is 5.91 Å². The van der Waals surface area contributed by atoms with Gasteiger partial charge < -0.3 is 15.4 Å². The number of nitrogens with zero attached hydrogens (tertiary/aromatic N) is 1. The Hall–Kier alpha value is -3.34. The Labute approximate surface area is 153 Å². The van der Waals surface area contributed by atoms with E-state index in [0.29, 0.717) is 23.7 Å². The van der Waals surface area contributed by atoms with Crippen LogP contribution in [0.4, 0.5) is 11.4 Å². The molecule has 0 unspecified atom stereocenters. The molecule has 1 heterocycles. The van der Waals surface area contributed by atoms with E-state index in [0.717, 1.165) is 5.69 Å². The fraction of sp³-hybridized carbons (Fsp3) is 0.143. The first-order valence-electron chi connectivity index (χ1n) is 8.35. The van der Waals surface area contributed by atoms with Crippen LogP contribution in [0.3, 0.4) is 0 Å². The summed E-state index contributed by atoms with van der Waals surface area (Å²) in [6.45, 7) is 2.80. The molecule has 3 rings (SSSR count). The Morgan fingerprint density at radius 3 is 2.62 bits per heavy atom. The standard InChI is InChI=1S/C21H21N3O2/c1-15-6-3-4-7-16(15)13-22-18-10-11-20(23-14-18)21(25)24-17-8-5-9-19(12-17)26-2/h3-12,14,22H,13H2,1-2H3,(H,24,25). The monoisotopic (exact) mass is 347 g/mol. The highest BCUT2D eigenvalue weighted by molar-refractivity contribution is 6.03. The van der Waals surface area contributed by atoms with Crippen molar-refractivity contribution in [2.24, 2.45) is 0 Å². The highest BCUT2D eigenvalue weighted by atomic mass is 16.5. The first kappa shape index (κ1) is 17.5. The number of amides is 1. The minimum absolute atomic E-state index is 0.260. The Morgan fingerprint density at radius 1 is 1.04 bits per heavy atom. The van der Waals surface area contributed by atoms with Crippen LogP contribution >= 0.6 is 0 Å². The second kappa shape index (κ2) is 8.16. The van der Waals surface area contributed by atoms with Gasteiger partial charge in [0.2, 0.25) is 0 Å². The van der Waals surface area contributed by atoms with E-state index in [4.69, 9.17) is 4.74 Å². The predicted molar refractivity (Wildman–Crippen MR) is 104 cm³/mol. The van der Waals surface area contributed by atoms with Gasteiger partial charge in [0.05, 0.1) is 19.0 Å². The number of rotatable bonds is 6. The molecular weight excluding hydrogens is 326 g/mol. The third-order valence-electron chi connectivity index (χ3n) is 4.07.